The predicted molar refractivity (Wildman–Crippen MR) is 113 cm³/mol. The first-order valence-electron chi connectivity index (χ1n) is 11.6. The fraction of sp³-hybridized carbons (Fsp3) is 0.920. The minimum absolute atomic E-state index is 0.00558. The summed E-state index contributed by atoms with van der Waals surface area (Å²) in [5.74, 6) is 1.51. The van der Waals surface area contributed by atoms with Crippen LogP contribution in [0.4, 0.5) is 0 Å². The van der Waals surface area contributed by atoms with Crippen LogP contribution in [0.2, 0.25) is 0 Å². The number of rotatable bonds is 2. The fourth-order valence-corrected chi connectivity index (χ4v) is 9.36. The van der Waals surface area contributed by atoms with Crippen LogP contribution in [0.5, 0.6) is 0 Å². The number of allylic oxidation sites excluding steroid dienone is 1. The van der Waals surface area contributed by atoms with Crippen LogP contribution in [0.15, 0.2) is 11.6 Å². The topological polar surface area (TPSA) is 60.7 Å². The Hall–Kier alpha value is -0.380. The monoisotopic (exact) mass is 390 g/mol. The molecule has 0 saturated heterocycles. The fourth-order valence-electron chi connectivity index (χ4n) is 9.36. The Labute approximate surface area is 171 Å². The Morgan fingerprint density at radius 3 is 2.25 bits per heavy atom. The van der Waals surface area contributed by atoms with Crippen molar-refractivity contribution >= 4 is 0 Å². The lowest BCUT2D eigenvalue weighted by atomic mass is 9.34. The number of aliphatic hydroxyl groups is 3. The molecule has 4 rings (SSSR count). The molecular weight excluding hydrogens is 348 g/mol. The van der Waals surface area contributed by atoms with Gasteiger partial charge in [0.15, 0.2) is 0 Å². The second-order valence-electron chi connectivity index (χ2n) is 12.1. The van der Waals surface area contributed by atoms with E-state index in [-0.39, 0.29) is 30.0 Å². The molecular formula is C25H42O3. The van der Waals surface area contributed by atoms with Crippen LogP contribution in [0.3, 0.4) is 0 Å². The molecule has 0 heterocycles. The van der Waals surface area contributed by atoms with Crippen molar-refractivity contribution in [3.8, 4) is 0 Å². The van der Waals surface area contributed by atoms with Gasteiger partial charge in [0.2, 0.25) is 0 Å². The van der Waals surface area contributed by atoms with Crippen molar-refractivity contribution in [3.05, 3.63) is 11.6 Å². The van der Waals surface area contributed by atoms with E-state index in [1.807, 2.05) is 0 Å². The molecule has 0 aromatic rings. The average molecular weight is 391 g/mol. The van der Waals surface area contributed by atoms with Gasteiger partial charge in [-0.2, -0.15) is 0 Å². The lowest BCUT2D eigenvalue weighted by molar-refractivity contribution is -0.236. The Morgan fingerprint density at radius 1 is 0.929 bits per heavy atom. The van der Waals surface area contributed by atoms with E-state index in [0.29, 0.717) is 22.7 Å². The lowest BCUT2D eigenvalue weighted by Gasteiger charge is -2.70. The van der Waals surface area contributed by atoms with E-state index in [1.165, 1.54) is 32.1 Å². The number of hydrogen-bond acceptors (Lipinski definition) is 3. The minimum atomic E-state index is -0.413. The Morgan fingerprint density at radius 2 is 1.61 bits per heavy atom. The summed E-state index contributed by atoms with van der Waals surface area (Å²) in [4.78, 5) is 0. The van der Waals surface area contributed by atoms with Gasteiger partial charge in [-0.05, 0) is 78.1 Å². The molecule has 0 aromatic carbocycles. The first-order valence-corrected chi connectivity index (χ1v) is 11.6. The molecule has 3 nitrogen and oxygen atoms in total. The molecule has 3 saturated carbocycles. The summed E-state index contributed by atoms with van der Waals surface area (Å²) in [6.45, 7) is 12.2. The van der Waals surface area contributed by atoms with Crippen molar-refractivity contribution in [2.75, 3.05) is 13.2 Å². The van der Waals surface area contributed by atoms with Gasteiger partial charge in [-0.25, -0.2) is 0 Å². The van der Waals surface area contributed by atoms with Gasteiger partial charge >= 0.3 is 0 Å². The van der Waals surface area contributed by atoms with Gasteiger partial charge in [0.1, 0.15) is 0 Å². The molecule has 3 fully saturated rings. The second-order valence-corrected chi connectivity index (χ2v) is 12.1. The van der Waals surface area contributed by atoms with E-state index in [1.54, 1.807) is 0 Å². The molecule has 0 spiro atoms. The van der Waals surface area contributed by atoms with E-state index in [0.717, 1.165) is 24.3 Å². The van der Waals surface area contributed by atoms with Gasteiger partial charge in [-0.15, -0.1) is 0 Å². The zero-order chi connectivity index (χ0) is 20.5. The maximum atomic E-state index is 11.5. The number of aliphatic hydroxyl groups excluding tert-OH is 3. The van der Waals surface area contributed by atoms with Crippen LogP contribution < -0.4 is 0 Å². The maximum absolute atomic E-state index is 11.5. The Bertz CT molecular complexity index is 654. The van der Waals surface area contributed by atoms with Crippen molar-refractivity contribution in [2.24, 2.45) is 45.3 Å². The molecule has 3 unspecified atom stereocenters. The van der Waals surface area contributed by atoms with E-state index >= 15 is 0 Å². The molecule has 3 heteroatoms. The van der Waals surface area contributed by atoms with Gasteiger partial charge in [-0.1, -0.05) is 47.1 Å². The van der Waals surface area contributed by atoms with E-state index in [9.17, 15) is 15.3 Å². The minimum Gasteiger partial charge on any atom is -0.396 e. The highest BCUT2D eigenvalue weighted by Crippen LogP contribution is 2.72. The van der Waals surface area contributed by atoms with Crippen molar-refractivity contribution in [2.45, 2.75) is 85.7 Å². The van der Waals surface area contributed by atoms with Crippen molar-refractivity contribution < 1.29 is 15.3 Å². The van der Waals surface area contributed by atoms with Crippen molar-refractivity contribution in [1.82, 2.24) is 0 Å². The van der Waals surface area contributed by atoms with Crippen LogP contribution in [0.1, 0.15) is 79.6 Å². The summed E-state index contributed by atoms with van der Waals surface area (Å²) < 4.78 is 0. The summed E-state index contributed by atoms with van der Waals surface area (Å²) in [6, 6.07) is 0. The zero-order valence-electron chi connectivity index (χ0n) is 18.7. The SMILES string of the molecule is CC1(C)CCC[C@@]2(C)C1CC[C@]1(C)C2C[C@H](O)[C@@]2(C)C1CC=C(CO)[C@@H]2CO. The Balaban J connectivity index is 1.79. The zero-order valence-corrected chi connectivity index (χ0v) is 18.7. The predicted octanol–water partition coefficient (Wildman–Crippen LogP) is 4.55. The summed E-state index contributed by atoms with van der Waals surface area (Å²) in [5, 5.41) is 31.7. The van der Waals surface area contributed by atoms with Crippen molar-refractivity contribution in [1.29, 1.82) is 0 Å². The van der Waals surface area contributed by atoms with Crippen LogP contribution in [0.25, 0.3) is 0 Å². The van der Waals surface area contributed by atoms with Gasteiger partial charge < -0.3 is 15.3 Å². The van der Waals surface area contributed by atoms with Gasteiger partial charge in [-0.3, -0.25) is 0 Å². The molecule has 8 atom stereocenters. The molecule has 28 heavy (non-hydrogen) atoms. The Kier molecular flexibility index (Phi) is 4.89. The molecule has 4 aliphatic carbocycles. The highest BCUT2D eigenvalue weighted by molar-refractivity contribution is 5.25. The van der Waals surface area contributed by atoms with E-state index < -0.39 is 6.10 Å². The molecule has 0 amide bonds. The summed E-state index contributed by atoms with van der Waals surface area (Å²) in [6.07, 6.45) is 10.00. The maximum Gasteiger partial charge on any atom is 0.0645 e. The first kappa shape index (κ1) is 20.9. The quantitative estimate of drug-likeness (QED) is 0.606. The number of hydrogen-bond donors (Lipinski definition) is 3. The summed E-state index contributed by atoms with van der Waals surface area (Å²) in [7, 11) is 0. The largest absolute Gasteiger partial charge is 0.396 e. The third-order valence-corrected chi connectivity index (χ3v) is 10.7. The van der Waals surface area contributed by atoms with E-state index in [2.05, 4.69) is 40.7 Å². The van der Waals surface area contributed by atoms with E-state index in [4.69, 9.17) is 0 Å². The highest BCUT2D eigenvalue weighted by atomic mass is 16.3. The molecule has 3 N–H and O–H groups in total. The highest BCUT2D eigenvalue weighted by Gasteiger charge is 2.67. The number of fused-ring (bicyclic) bond motifs is 5. The molecule has 0 radical (unpaired) electrons. The lowest BCUT2D eigenvalue weighted by Crippen LogP contribution is -2.66. The van der Waals surface area contributed by atoms with Gasteiger partial charge in [0.05, 0.1) is 19.3 Å². The van der Waals surface area contributed by atoms with Gasteiger partial charge in [0.25, 0.3) is 0 Å². The van der Waals surface area contributed by atoms with Crippen LogP contribution in [0, 0.1) is 45.3 Å². The molecule has 0 aliphatic heterocycles. The molecule has 160 valence electrons. The first-order chi connectivity index (χ1) is 13.1. The molecule has 0 bridgehead atoms. The molecule has 4 aliphatic rings. The second kappa shape index (κ2) is 6.56. The van der Waals surface area contributed by atoms with Crippen LogP contribution in [-0.2, 0) is 0 Å². The van der Waals surface area contributed by atoms with Crippen LogP contribution >= 0.6 is 0 Å². The summed E-state index contributed by atoms with van der Waals surface area (Å²) in [5.41, 5.74) is 1.47. The third-order valence-electron chi connectivity index (χ3n) is 10.7. The normalized spacial score (nSPS) is 52.9. The third kappa shape index (κ3) is 2.51. The average Bonchev–Trinajstić information content (AvgIpc) is 2.62. The standard InChI is InChI=1S/C25H42O3/c1-22(2)10-6-11-23(3)18(22)9-12-24(4)19-8-7-16(14-26)17(15-27)25(19,5)21(28)13-20(23)24/h7,17-21,26-28H,6,8-15H2,1-5H3/t17-,18?,19?,20?,21-,23-,24-,25+/m0/s1. The summed E-state index contributed by atoms with van der Waals surface area (Å²) >= 11 is 0. The van der Waals surface area contributed by atoms with Gasteiger partial charge in [0, 0.05) is 11.3 Å². The van der Waals surface area contributed by atoms with Crippen LogP contribution in [-0.4, -0.2) is 34.6 Å². The van der Waals surface area contributed by atoms with Crippen molar-refractivity contribution in [3.63, 3.8) is 0 Å². The molecule has 0 aromatic heterocycles. The smallest absolute Gasteiger partial charge is 0.0645 e.